The molecule has 0 spiro atoms. The zero-order valence-electron chi connectivity index (χ0n) is 11.2. The van der Waals surface area contributed by atoms with Crippen LogP contribution in [0.25, 0.3) is 0 Å². The Balaban J connectivity index is 5.11. The first-order valence-corrected chi connectivity index (χ1v) is 5.66. The molecule has 0 unspecified atom stereocenters. The minimum atomic E-state index is 0.129. The largest absolute Gasteiger partial charge is 0.397 e. The van der Waals surface area contributed by atoms with Gasteiger partial charge in [0.1, 0.15) is 0 Å². The molecule has 17 heavy (non-hydrogen) atoms. The fourth-order valence-corrected chi connectivity index (χ4v) is 1.13. The molecule has 5 heteroatoms. The molecule has 0 bridgehead atoms. The van der Waals surface area contributed by atoms with Crippen molar-refractivity contribution in [2.24, 2.45) is 21.7 Å². The van der Waals surface area contributed by atoms with Crippen LogP contribution in [0, 0.1) is 5.92 Å². The summed E-state index contributed by atoms with van der Waals surface area (Å²) in [5.74, 6) is 0.129. The molecular weight excluding hydrogens is 216 g/mol. The van der Waals surface area contributed by atoms with Crippen molar-refractivity contribution >= 4 is 18.3 Å². The fourth-order valence-electron chi connectivity index (χ4n) is 1.13. The molecule has 3 N–H and O–H groups in total. The van der Waals surface area contributed by atoms with Crippen molar-refractivity contribution in [3.63, 3.8) is 0 Å². The van der Waals surface area contributed by atoms with Gasteiger partial charge in [-0.2, -0.15) is 5.10 Å². The lowest BCUT2D eigenvalue weighted by Crippen LogP contribution is -2.22. The highest BCUT2D eigenvalue weighted by atomic mass is 16.1. The van der Waals surface area contributed by atoms with E-state index in [4.69, 9.17) is 5.73 Å². The van der Waals surface area contributed by atoms with E-state index in [1.807, 2.05) is 34.6 Å². The maximum absolute atomic E-state index is 10.2. The molecule has 96 valence electrons. The first-order valence-electron chi connectivity index (χ1n) is 5.66. The Morgan fingerprint density at radius 1 is 1.29 bits per heavy atom. The SMILES string of the molecule is C/C(C=NC(C)C)=C(N)\C(=N/NC=O)C(C)C. The maximum atomic E-state index is 10.2. The third kappa shape index (κ3) is 5.85. The number of nitrogens with zero attached hydrogens (tertiary/aromatic N) is 2. The topological polar surface area (TPSA) is 79.8 Å². The fraction of sp³-hybridized carbons (Fsp3) is 0.583. The number of carbonyl (C=O) groups is 1. The van der Waals surface area contributed by atoms with Crippen LogP contribution in [0.15, 0.2) is 21.4 Å². The van der Waals surface area contributed by atoms with Gasteiger partial charge in [-0.15, -0.1) is 0 Å². The lowest BCUT2D eigenvalue weighted by atomic mass is 10.0. The lowest BCUT2D eigenvalue weighted by molar-refractivity contribution is -0.109. The van der Waals surface area contributed by atoms with Crippen LogP contribution in [0.2, 0.25) is 0 Å². The normalized spacial score (nSPS) is 14.4. The monoisotopic (exact) mass is 238 g/mol. The van der Waals surface area contributed by atoms with E-state index in [0.29, 0.717) is 17.8 Å². The number of rotatable bonds is 6. The smallest absolute Gasteiger partial charge is 0.227 e. The van der Waals surface area contributed by atoms with E-state index in [9.17, 15) is 4.79 Å². The van der Waals surface area contributed by atoms with Gasteiger partial charge in [-0.1, -0.05) is 13.8 Å². The highest BCUT2D eigenvalue weighted by molar-refractivity contribution is 6.05. The Bertz CT molecular complexity index is 340. The Kier molecular flexibility index (Phi) is 6.86. The number of allylic oxidation sites excluding steroid dienone is 2. The van der Waals surface area contributed by atoms with Gasteiger partial charge in [0.25, 0.3) is 0 Å². The van der Waals surface area contributed by atoms with Crippen molar-refractivity contribution < 1.29 is 4.79 Å². The molecule has 1 amide bonds. The van der Waals surface area contributed by atoms with Crippen LogP contribution in [0.1, 0.15) is 34.6 Å². The molecule has 0 aromatic heterocycles. The van der Waals surface area contributed by atoms with E-state index < -0.39 is 0 Å². The molecule has 0 aliphatic heterocycles. The van der Waals surface area contributed by atoms with Crippen LogP contribution >= 0.6 is 0 Å². The molecule has 0 aliphatic carbocycles. The van der Waals surface area contributed by atoms with Gasteiger partial charge >= 0.3 is 0 Å². The lowest BCUT2D eigenvalue weighted by Gasteiger charge is -2.11. The van der Waals surface area contributed by atoms with Crippen LogP contribution in [0.4, 0.5) is 0 Å². The van der Waals surface area contributed by atoms with Crippen LogP contribution in [-0.2, 0) is 4.79 Å². The highest BCUT2D eigenvalue weighted by Gasteiger charge is 2.10. The Hall–Kier alpha value is -1.65. The van der Waals surface area contributed by atoms with Gasteiger partial charge in [0.2, 0.25) is 6.41 Å². The molecule has 0 aromatic carbocycles. The number of carbonyl (C=O) groups excluding carboxylic acids is 1. The van der Waals surface area contributed by atoms with Crippen LogP contribution in [0.3, 0.4) is 0 Å². The summed E-state index contributed by atoms with van der Waals surface area (Å²) in [6.45, 7) is 9.78. The highest BCUT2D eigenvalue weighted by Crippen LogP contribution is 2.07. The van der Waals surface area contributed by atoms with E-state index in [-0.39, 0.29) is 12.0 Å². The molecule has 0 atom stereocenters. The van der Waals surface area contributed by atoms with Crippen molar-refractivity contribution in [3.8, 4) is 0 Å². The molecule has 0 saturated heterocycles. The second-order valence-corrected chi connectivity index (χ2v) is 4.37. The minimum absolute atomic E-state index is 0.129. The summed E-state index contributed by atoms with van der Waals surface area (Å²) >= 11 is 0. The zero-order chi connectivity index (χ0) is 13.4. The van der Waals surface area contributed by atoms with E-state index in [0.717, 1.165) is 5.57 Å². The van der Waals surface area contributed by atoms with Crippen LogP contribution in [-0.4, -0.2) is 24.4 Å². The third-order valence-corrected chi connectivity index (χ3v) is 2.05. The molecule has 0 heterocycles. The number of hydrazone groups is 1. The summed E-state index contributed by atoms with van der Waals surface area (Å²) in [6.07, 6.45) is 2.26. The van der Waals surface area contributed by atoms with Gasteiger partial charge in [-0.3, -0.25) is 9.79 Å². The number of nitrogens with two attached hydrogens (primary N) is 1. The average Bonchev–Trinajstić information content (AvgIpc) is 2.25. The van der Waals surface area contributed by atoms with Crippen molar-refractivity contribution in [2.45, 2.75) is 40.7 Å². The molecule has 0 saturated carbocycles. The van der Waals surface area contributed by atoms with E-state index in [1.165, 1.54) is 0 Å². The van der Waals surface area contributed by atoms with Crippen molar-refractivity contribution in [1.82, 2.24) is 5.43 Å². The Morgan fingerprint density at radius 2 is 1.88 bits per heavy atom. The second kappa shape index (κ2) is 7.60. The van der Waals surface area contributed by atoms with Gasteiger partial charge in [-0.25, -0.2) is 5.43 Å². The van der Waals surface area contributed by atoms with E-state index in [2.05, 4.69) is 15.5 Å². The predicted octanol–water partition coefficient (Wildman–Crippen LogP) is 1.46. The molecule has 0 fully saturated rings. The predicted molar refractivity (Wildman–Crippen MR) is 72.0 cm³/mol. The molecular formula is C12H22N4O. The van der Waals surface area contributed by atoms with Gasteiger partial charge < -0.3 is 5.73 Å². The van der Waals surface area contributed by atoms with E-state index in [1.54, 1.807) is 6.21 Å². The third-order valence-electron chi connectivity index (χ3n) is 2.05. The van der Waals surface area contributed by atoms with Crippen LogP contribution in [0.5, 0.6) is 0 Å². The molecule has 0 radical (unpaired) electrons. The summed E-state index contributed by atoms with van der Waals surface area (Å²) in [5, 5.41) is 3.94. The molecule has 5 nitrogen and oxygen atoms in total. The summed E-state index contributed by atoms with van der Waals surface area (Å²) < 4.78 is 0. The van der Waals surface area contributed by atoms with Crippen LogP contribution < -0.4 is 11.2 Å². The summed E-state index contributed by atoms with van der Waals surface area (Å²) in [7, 11) is 0. The maximum Gasteiger partial charge on any atom is 0.227 e. The Labute approximate surface area is 103 Å². The quantitative estimate of drug-likeness (QED) is 0.417. The second-order valence-electron chi connectivity index (χ2n) is 4.37. The molecule has 0 rings (SSSR count). The first kappa shape index (κ1) is 15.3. The van der Waals surface area contributed by atoms with Gasteiger partial charge in [0.05, 0.1) is 11.4 Å². The number of hydrogen-bond acceptors (Lipinski definition) is 4. The summed E-state index contributed by atoms with van der Waals surface area (Å²) in [6, 6.07) is 0.227. The van der Waals surface area contributed by atoms with Crippen molar-refractivity contribution in [3.05, 3.63) is 11.3 Å². The van der Waals surface area contributed by atoms with E-state index >= 15 is 0 Å². The summed E-state index contributed by atoms with van der Waals surface area (Å²) in [5.41, 5.74) is 10.3. The van der Waals surface area contributed by atoms with Gasteiger partial charge in [0.15, 0.2) is 0 Å². The first-order chi connectivity index (χ1) is 7.90. The number of hydrogen-bond donors (Lipinski definition) is 2. The van der Waals surface area contributed by atoms with Crippen molar-refractivity contribution in [2.75, 3.05) is 0 Å². The van der Waals surface area contributed by atoms with Crippen molar-refractivity contribution in [1.29, 1.82) is 0 Å². The standard InChI is InChI=1S/C12H22N4O/c1-8(2)12(16-15-7-17)11(13)10(5)6-14-9(3)4/h6-9H,13H2,1-5H3,(H,15,17)/b11-10-,14-6?,16-12-. The minimum Gasteiger partial charge on any atom is -0.397 e. The van der Waals surface area contributed by atoms with Gasteiger partial charge in [-0.05, 0) is 32.3 Å². The summed E-state index contributed by atoms with van der Waals surface area (Å²) in [4.78, 5) is 14.5. The Morgan fingerprint density at radius 3 is 2.29 bits per heavy atom. The molecule has 0 aliphatic rings. The van der Waals surface area contributed by atoms with Gasteiger partial charge in [0, 0.05) is 12.3 Å². The average molecular weight is 238 g/mol. The number of nitrogens with one attached hydrogen (secondary N) is 1. The molecule has 0 aromatic rings. The number of amides is 1. The number of aliphatic imine (C=N–C) groups is 1. The zero-order valence-corrected chi connectivity index (χ0v) is 11.2.